The van der Waals surface area contributed by atoms with Gasteiger partial charge in [0.05, 0.1) is 11.4 Å². The fraction of sp³-hybridized carbons (Fsp3) is 0.364. The van der Waals surface area contributed by atoms with Crippen molar-refractivity contribution in [2.75, 3.05) is 12.3 Å². The molecule has 19 heavy (non-hydrogen) atoms. The Morgan fingerprint density at radius 1 is 1.42 bits per heavy atom. The van der Waals surface area contributed by atoms with Crippen LogP contribution in [0.1, 0.15) is 13.8 Å². The van der Waals surface area contributed by atoms with Crippen LogP contribution >= 0.6 is 15.9 Å². The third-order valence-corrected chi connectivity index (χ3v) is 5.45. The number of rotatable bonds is 5. The highest BCUT2D eigenvalue weighted by Gasteiger charge is 2.30. The van der Waals surface area contributed by atoms with E-state index in [1.165, 1.54) is 6.07 Å². The van der Waals surface area contributed by atoms with E-state index in [2.05, 4.69) is 15.9 Å². The SMILES string of the molecule is CC(C)N(CC(N)=O)S(=O)(=O)c1cc(N)ccc1Br. The highest BCUT2D eigenvalue weighted by atomic mass is 79.9. The summed E-state index contributed by atoms with van der Waals surface area (Å²) in [6.45, 7) is 2.96. The fourth-order valence-corrected chi connectivity index (χ4v) is 4.11. The molecule has 0 radical (unpaired) electrons. The van der Waals surface area contributed by atoms with E-state index in [1.807, 2.05) is 0 Å². The number of hydrogen-bond acceptors (Lipinski definition) is 4. The minimum atomic E-state index is -3.84. The lowest BCUT2D eigenvalue weighted by Crippen LogP contribution is -2.42. The number of hydrogen-bond donors (Lipinski definition) is 2. The van der Waals surface area contributed by atoms with Gasteiger partial charge in [0, 0.05) is 16.2 Å². The number of nitrogens with zero attached hydrogens (tertiary/aromatic N) is 1. The van der Waals surface area contributed by atoms with Crippen LogP contribution in [0.15, 0.2) is 27.6 Å². The highest BCUT2D eigenvalue weighted by molar-refractivity contribution is 9.10. The minimum absolute atomic E-state index is 0.0162. The smallest absolute Gasteiger partial charge is 0.244 e. The molecule has 0 aliphatic carbocycles. The van der Waals surface area contributed by atoms with Gasteiger partial charge in [-0.25, -0.2) is 8.42 Å². The molecule has 0 unspecified atom stereocenters. The zero-order valence-corrected chi connectivity index (χ0v) is 13.0. The molecule has 1 aromatic rings. The zero-order valence-electron chi connectivity index (χ0n) is 10.6. The summed E-state index contributed by atoms with van der Waals surface area (Å²) >= 11 is 3.17. The third-order valence-electron chi connectivity index (χ3n) is 2.43. The van der Waals surface area contributed by atoms with Gasteiger partial charge in [0.2, 0.25) is 15.9 Å². The number of carbonyl (C=O) groups excluding carboxylic acids is 1. The van der Waals surface area contributed by atoms with Gasteiger partial charge in [-0.05, 0) is 48.0 Å². The Morgan fingerprint density at radius 2 is 2.00 bits per heavy atom. The molecule has 0 aromatic heterocycles. The Bertz CT molecular complexity index is 587. The van der Waals surface area contributed by atoms with Crippen LogP contribution in [-0.2, 0) is 14.8 Å². The van der Waals surface area contributed by atoms with Crippen LogP contribution in [0, 0.1) is 0 Å². The van der Waals surface area contributed by atoms with Crippen molar-refractivity contribution in [2.24, 2.45) is 5.73 Å². The van der Waals surface area contributed by atoms with Gasteiger partial charge in [-0.1, -0.05) is 0 Å². The number of primary amides is 1. The summed E-state index contributed by atoms with van der Waals surface area (Å²) in [6.07, 6.45) is 0. The van der Waals surface area contributed by atoms with Gasteiger partial charge in [0.15, 0.2) is 0 Å². The van der Waals surface area contributed by atoms with Gasteiger partial charge in [-0.15, -0.1) is 0 Å². The number of halogens is 1. The summed E-state index contributed by atoms with van der Waals surface area (Å²) < 4.78 is 26.5. The van der Waals surface area contributed by atoms with Crippen molar-refractivity contribution in [3.8, 4) is 0 Å². The van der Waals surface area contributed by atoms with E-state index >= 15 is 0 Å². The van der Waals surface area contributed by atoms with Gasteiger partial charge in [0.1, 0.15) is 0 Å². The molecule has 0 spiro atoms. The van der Waals surface area contributed by atoms with E-state index in [9.17, 15) is 13.2 Å². The first-order chi connectivity index (χ1) is 8.66. The molecule has 1 aromatic carbocycles. The van der Waals surface area contributed by atoms with Crippen molar-refractivity contribution in [2.45, 2.75) is 24.8 Å². The summed E-state index contributed by atoms with van der Waals surface area (Å²) in [6, 6.07) is 4.07. The number of anilines is 1. The largest absolute Gasteiger partial charge is 0.399 e. The maximum absolute atomic E-state index is 12.5. The normalized spacial score (nSPS) is 12.1. The number of carbonyl (C=O) groups is 1. The van der Waals surface area contributed by atoms with E-state index in [1.54, 1.807) is 26.0 Å². The quantitative estimate of drug-likeness (QED) is 0.770. The van der Waals surface area contributed by atoms with Gasteiger partial charge in [-0.3, -0.25) is 4.79 Å². The lowest BCUT2D eigenvalue weighted by Gasteiger charge is -2.25. The van der Waals surface area contributed by atoms with Gasteiger partial charge in [0.25, 0.3) is 0 Å². The molecular formula is C11H16BrN3O3S. The molecule has 0 aliphatic heterocycles. The average Bonchev–Trinajstić information content (AvgIpc) is 2.28. The molecule has 1 amide bonds. The van der Waals surface area contributed by atoms with E-state index in [-0.39, 0.29) is 11.4 Å². The second kappa shape index (κ2) is 5.89. The van der Waals surface area contributed by atoms with E-state index in [0.717, 1.165) is 4.31 Å². The van der Waals surface area contributed by atoms with Crippen LogP contribution in [0.3, 0.4) is 0 Å². The molecule has 0 fully saturated rings. The lowest BCUT2D eigenvalue weighted by atomic mass is 10.3. The number of amides is 1. The fourth-order valence-electron chi connectivity index (χ4n) is 1.54. The van der Waals surface area contributed by atoms with Crippen molar-refractivity contribution in [1.29, 1.82) is 0 Å². The van der Waals surface area contributed by atoms with Crippen LogP contribution in [0.4, 0.5) is 5.69 Å². The average molecular weight is 350 g/mol. The molecule has 0 saturated carbocycles. The number of sulfonamides is 1. The van der Waals surface area contributed by atoms with Crippen molar-refractivity contribution in [3.63, 3.8) is 0 Å². The van der Waals surface area contributed by atoms with Crippen LogP contribution in [0.2, 0.25) is 0 Å². The molecular weight excluding hydrogens is 334 g/mol. The zero-order chi connectivity index (χ0) is 14.8. The molecule has 6 nitrogen and oxygen atoms in total. The first kappa shape index (κ1) is 15.9. The third kappa shape index (κ3) is 3.68. The van der Waals surface area contributed by atoms with Crippen LogP contribution in [0.25, 0.3) is 0 Å². The van der Waals surface area contributed by atoms with E-state index in [4.69, 9.17) is 11.5 Å². The number of benzene rings is 1. The van der Waals surface area contributed by atoms with Crippen LogP contribution in [0.5, 0.6) is 0 Å². The Balaban J connectivity index is 3.34. The monoisotopic (exact) mass is 349 g/mol. The summed E-state index contributed by atoms with van der Waals surface area (Å²) in [5.41, 5.74) is 11.0. The van der Waals surface area contributed by atoms with Crippen LogP contribution in [-0.4, -0.2) is 31.2 Å². The van der Waals surface area contributed by atoms with Crippen molar-refractivity contribution in [3.05, 3.63) is 22.7 Å². The first-order valence-corrected chi connectivity index (χ1v) is 7.74. The van der Waals surface area contributed by atoms with E-state index in [0.29, 0.717) is 10.2 Å². The molecule has 0 saturated heterocycles. The van der Waals surface area contributed by atoms with Gasteiger partial charge in [-0.2, -0.15) is 4.31 Å². The Morgan fingerprint density at radius 3 is 2.47 bits per heavy atom. The molecule has 0 atom stereocenters. The Hall–Kier alpha value is -1.12. The number of nitrogen functional groups attached to an aromatic ring is 1. The van der Waals surface area contributed by atoms with Gasteiger partial charge >= 0.3 is 0 Å². The molecule has 0 bridgehead atoms. The van der Waals surface area contributed by atoms with Crippen molar-refractivity contribution < 1.29 is 13.2 Å². The standard InChI is InChI=1S/C11H16BrN3O3S/c1-7(2)15(6-11(14)16)19(17,18)10-5-8(13)3-4-9(10)12/h3-5,7H,6,13H2,1-2H3,(H2,14,16). The van der Waals surface area contributed by atoms with Crippen molar-refractivity contribution in [1.82, 2.24) is 4.31 Å². The maximum atomic E-state index is 12.5. The topological polar surface area (TPSA) is 106 Å². The highest BCUT2D eigenvalue weighted by Crippen LogP contribution is 2.28. The summed E-state index contributed by atoms with van der Waals surface area (Å²) in [4.78, 5) is 11.0. The second-order valence-electron chi connectivity index (χ2n) is 4.30. The molecule has 1 rings (SSSR count). The summed E-state index contributed by atoms with van der Waals surface area (Å²) in [5.74, 6) is -0.711. The summed E-state index contributed by atoms with van der Waals surface area (Å²) in [7, 11) is -3.84. The molecule has 0 aliphatic rings. The molecule has 8 heteroatoms. The molecule has 0 heterocycles. The maximum Gasteiger partial charge on any atom is 0.244 e. The molecule has 4 N–H and O–H groups in total. The minimum Gasteiger partial charge on any atom is -0.399 e. The van der Waals surface area contributed by atoms with Gasteiger partial charge < -0.3 is 11.5 Å². The first-order valence-electron chi connectivity index (χ1n) is 5.51. The Kier molecular flexibility index (Phi) is 4.94. The van der Waals surface area contributed by atoms with Crippen LogP contribution < -0.4 is 11.5 Å². The summed E-state index contributed by atoms with van der Waals surface area (Å²) in [5, 5.41) is 0. The number of nitrogens with two attached hydrogens (primary N) is 2. The van der Waals surface area contributed by atoms with Crippen molar-refractivity contribution >= 4 is 37.5 Å². The Labute approximate surface area is 120 Å². The predicted octanol–water partition coefficient (Wildman–Crippen LogP) is 0.916. The lowest BCUT2D eigenvalue weighted by molar-refractivity contribution is -0.118. The predicted molar refractivity (Wildman–Crippen MR) is 76.8 cm³/mol. The second-order valence-corrected chi connectivity index (χ2v) is 7.01. The molecule has 106 valence electrons. The van der Waals surface area contributed by atoms with E-state index < -0.39 is 22.0 Å².